The molecular weight excluding hydrogens is 288 g/mol. The fourth-order valence-corrected chi connectivity index (χ4v) is 3.57. The van der Waals surface area contributed by atoms with Gasteiger partial charge >= 0.3 is 0 Å². The zero-order valence-corrected chi connectivity index (χ0v) is 12.9. The minimum absolute atomic E-state index is 0.348. The molecular formula is C14H16N4S2. The largest absolute Gasteiger partial charge is 0.389 e. The molecule has 0 unspecified atom stereocenters. The van der Waals surface area contributed by atoms with E-state index in [1.807, 2.05) is 19.1 Å². The van der Waals surface area contributed by atoms with Crippen molar-refractivity contribution in [3.8, 4) is 0 Å². The number of nitrogens with one attached hydrogen (secondary N) is 1. The number of fused-ring (bicyclic) bond motifs is 1. The number of aromatic nitrogens is 2. The average Bonchev–Trinajstić information content (AvgIpc) is 2.80. The maximum Gasteiger partial charge on any atom is 0.188 e. The molecule has 104 valence electrons. The van der Waals surface area contributed by atoms with Crippen molar-refractivity contribution in [2.24, 2.45) is 5.73 Å². The Morgan fingerprint density at radius 2 is 2.10 bits per heavy atom. The molecule has 0 fully saturated rings. The van der Waals surface area contributed by atoms with Gasteiger partial charge in [-0.25, -0.2) is 9.97 Å². The highest BCUT2D eigenvalue weighted by Crippen LogP contribution is 2.31. The van der Waals surface area contributed by atoms with E-state index in [9.17, 15) is 0 Å². The van der Waals surface area contributed by atoms with Gasteiger partial charge in [0, 0.05) is 10.6 Å². The van der Waals surface area contributed by atoms with Crippen LogP contribution in [0.15, 0.2) is 12.1 Å². The van der Waals surface area contributed by atoms with Crippen molar-refractivity contribution in [3.63, 3.8) is 0 Å². The smallest absolute Gasteiger partial charge is 0.188 e. The van der Waals surface area contributed by atoms with Gasteiger partial charge in [0.2, 0.25) is 0 Å². The predicted molar refractivity (Wildman–Crippen MR) is 86.9 cm³/mol. The summed E-state index contributed by atoms with van der Waals surface area (Å²) in [6, 6.07) is 3.81. The molecule has 0 saturated heterocycles. The molecule has 20 heavy (non-hydrogen) atoms. The maximum absolute atomic E-state index is 5.75. The Morgan fingerprint density at radius 1 is 1.30 bits per heavy atom. The van der Waals surface area contributed by atoms with E-state index in [0.29, 0.717) is 10.8 Å². The van der Waals surface area contributed by atoms with E-state index >= 15 is 0 Å². The summed E-state index contributed by atoms with van der Waals surface area (Å²) in [5.41, 5.74) is 8.67. The molecule has 1 aliphatic carbocycles. The van der Waals surface area contributed by atoms with E-state index in [0.717, 1.165) is 29.2 Å². The van der Waals surface area contributed by atoms with Crippen LogP contribution in [-0.2, 0) is 12.8 Å². The second-order valence-electron chi connectivity index (χ2n) is 4.93. The van der Waals surface area contributed by atoms with E-state index in [4.69, 9.17) is 18.0 Å². The van der Waals surface area contributed by atoms with Gasteiger partial charge in [-0.1, -0.05) is 12.2 Å². The third-order valence-corrected chi connectivity index (χ3v) is 4.66. The van der Waals surface area contributed by atoms with Crippen molar-refractivity contribution in [1.82, 2.24) is 9.97 Å². The topological polar surface area (TPSA) is 63.8 Å². The average molecular weight is 304 g/mol. The fourth-order valence-electron chi connectivity index (χ4n) is 2.36. The first-order valence-corrected chi connectivity index (χ1v) is 7.89. The summed E-state index contributed by atoms with van der Waals surface area (Å²) in [7, 11) is 0. The lowest BCUT2D eigenvalue weighted by atomic mass is 10.0. The molecule has 0 atom stereocenters. The first kappa shape index (κ1) is 13.5. The molecule has 0 saturated carbocycles. The number of nitrogens with two attached hydrogens (primary N) is 1. The quantitative estimate of drug-likeness (QED) is 0.853. The third kappa shape index (κ3) is 2.66. The number of pyridine rings is 1. The standard InChI is InChI=1S/C14H16N4S2/c1-8-6-7-9(12(15)19)13(16-8)18-14-17-10-4-2-3-5-11(10)20-14/h6-7H,2-5H2,1H3,(H2,15,19)(H,16,17,18). The minimum Gasteiger partial charge on any atom is -0.389 e. The summed E-state index contributed by atoms with van der Waals surface area (Å²) in [6.07, 6.45) is 4.71. The van der Waals surface area contributed by atoms with Gasteiger partial charge < -0.3 is 11.1 Å². The van der Waals surface area contributed by atoms with Crippen molar-refractivity contribution in [3.05, 3.63) is 34.0 Å². The van der Waals surface area contributed by atoms with Crippen LogP contribution in [0.2, 0.25) is 0 Å². The summed E-state index contributed by atoms with van der Waals surface area (Å²) in [5.74, 6) is 0.698. The molecule has 6 heteroatoms. The van der Waals surface area contributed by atoms with Gasteiger partial charge in [-0.15, -0.1) is 11.3 Å². The molecule has 1 aliphatic rings. The number of thiocarbonyl (C=S) groups is 1. The Morgan fingerprint density at radius 3 is 2.85 bits per heavy atom. The SMILES string of the molecule is Cc1ccc(C(N)=S)c(Nc2nc3c(s2)CCCC3)n1. The normalized spacial score (nSPS) is 13.8. The lowest BCUT2D eigenvalue weighted by molar-refractivity contribution is 0.683. The van der Waals surface area contributed by atoms with Gasteiger partial charge in [-0.3, -0.25) is 0 Å². The van der Waals surface area contributed by atoms with Crippen molar-refractivity contribution in [1.29, 1.82) is 0 Å². The molecule has 0 spiro atoms. The molecule has 0 aromatic carbocycles. The molecule has 3 N–H and O–H groups in total. The Bertz CT molecular complexity index is 640. The van der Waals surface area contributed by atoms with E-state index in [-0.39, 0.29) is 0 Å². The zero-order valence-electron chi connectivity index (χ0n) is 11.3. The highest BCUT2D eigenvalue weighted by atomic mass is 32.1. The zero-order chi connectivity index (χ0) is 14.1. The molecule has 4 nitrogen and oxygen atoms in total. The van der Waals surface area contributed by atoms with E-state index in [1.165, 1.54) is 23.4 Å². The first-order chi connectivity index (χ1) is 9.63. The van der Waals surface area contributed by atoms with E-state index in [1.54, 1.807) is 11.3 Å². The van der Waals surface area contributed by atoms with Crippen LogP contribution in [-0.4, -0.2) is 15.0 Å². The second kappa shape index (κ2) is 5.46. The number of anilines is 2. The van der Waals surface area contributed by atoms with E-state index < -0.39 is 0 Å². The van der Waals surface area contributed by atoms with Crippen LogP contribution < -0.4 is 11.1 Å². The second-order valence-corrected chi connectivity index (χ2v) is 6.46. The molecule has 2 aromatic rings. The number of thiazole rings is 1. The summed E-state index contributed by atoms with van der Waals surface area (Å²) >= 11 is 6.79. The lowest BCUT2D eigenvalue weighted by Crippen LogP contribution is -2.13. The van der Waals surface area contributed by atoms with E-state index in [2.05, 4.69) is 15.3 Å². The summed E-state index contributed by atoms with van der Waals surface area (Å²) in [5, 5.41) is 4.16. The lowest BCUT2D eigenvalue weighted by Gasteiger charge is -2.08. The Kier molecular flexibility index (Phi) is 3.67. The number of hydrogen-bond acceptors (Lipinski definition) is 5. The van der Waals surface area contributed by atoms with Crippen LogP contribution in [0.1, 0.15) is 34.7 Å². The van der Waals surface area contributed by atoms with Gasteiger partial charge in [-0.2, -0.15) is 0 Å². The van der Waals surface area contributed by atoms with Crippen molar-refractivity contribution in [2.45, 2.75) is 32.6 Å². The summed E-state index contributed by atoms with van der Waals surface area (Å²) in [4.78, 5) is 10.9. The minimum atomic E-state index is 0.348. The monoisotopic (exact) mass is 304 g/mol. The molecule has 0 amide bonds. The molecule has 0 bridgehead atoms. The van der Waals surface area contributed by atoms with Crippen LogP contribution in [0.5, 0.6) is 0 Å². The molecule has 3 rings (SSSR count). The van der Waals surface area contributed by atoms with Gasteiger partial charge in [0.15, 0.2) is 5.13 Å². The van der Waals surface area contributed by atoms with Crippen LogP contribution in [0.25, 0.3) is 0 Å². The maximum atomic E-state index is 5.75. The van der Waals surface area contributed by atoms with Gasteiger partial charge in [0.05, 0.1) is 11.3 Å². The third-order valence-electron chi connectivity index (χ3n) is 3.37. The van der Waals surface area contributed by atoms with Crippen LogP contribution in [0.3, 0.4) is 0 Å². The first-order valence-electron chi connectivity index (χ1n) is 6.66. The molecule has 0 radical (unpaired) electrons. The highest BCUT2D eigenvalue weighted by Gasteiger charge is 2.16. The Labute approximate surface area is 127 Å². The number of hydrogen-bond donors (Lipinski definition) is 2. The predicted octanol–water partition coefficient (Wildman–Crippen LogP) is 3.10. The fraction of sp³-hybridized carbons (Fsp3) is 0.357. The van der Waals surface area contributed by atoms with Gasteiger partial charge in [-0.05, 0) is 44.7 Å². The van der Waals surface area contributed by atoms with Crippen molar-refractivity contribution in [2.75, 3.05) is 5.32 Å². The molecule has 2 heterocycles. The number of rotatable bonds is 3. The van der Waals surface area contributed by atoms with Crippen LogP contribution >= 0.6 is 23.6 Å². The number of nitrogens with zero attached hydrogens (tertiary/aromatic N) is 2. The summed E-state index contributed by atoms with van der Waals surface area (Å²) < 4.78 is 0. The molecule has 0 aliphatic heterocycles. The highest BCUT2D eigenvalue weighted by molar-refractivity contribution is 7.80. The van der Waals surface area contributed by atoms with Crippen molar-refractivity contribution >= 4 is 39.5 Å². The van der Waals surface area contributed by atoms with Gasteiger partial charge in [0.1, 0.15) is 10.8 Å². The van der Waals surface area contributed by atoms with Crippen LogP contribution in [0.4, 0.5) is 10.9 Å². The number of aryl methyl sites for hydroxylation is 3. The Balaban J connectivity index is 1.92. The Hall–Kier alpha value is -1.53. The van der Waals surface area contributed by atoms with Gasteiger partial charge in [0.25, 0.3) is 0 Å². The summed E-state index contributed by atoms with van der Waals surface area (Å²) in [6.45, 7) is 1.95. The van der Waals surface area contributed by atoms with Crippen LogP contribution in [0, 0.1) is 6.92 Å². The molecule has 2 aromatic heterocycles. The van der Waals surface area contributed by atoms with Crippen molar-refractivity contribution < 1.29 is 0 Å².